The van der Waals surface area contributed by atoms with Gasteiger partial charge in [-0.05, 0) is 0 Å². The van der Waals surface area contributed by atoms with Crippen molar-refractivity contribution in [2.45, 2.75) is 0 Å². The van der Waals surface area contributed by atoms with Crippen LogP contribution in [0.15, 0.2) is 22.5 Å². The zero-order valence-corrected chi connectivity index (χ0v) is 8.06. The van der Waals surface area contributed by atoms with Crippen molar-refractivity contribution in [3.8, 4) is 0 Å². The summed E-state index contributed by atoms with van der Waals surface area (Å²) < 4.78 is 1.49. The molecule has 1 nitrogen and oxygen atoms in total. The van der Waals surface area contributed by atoms with Crippen molar-refractivity contribution in [2.75, 3.05) is 13.6 Å². The van der Waals surface area contributed by atoms with Gasteiger partial charge in [-0.1, -0.05) is 0 Å². The van der Waals surface area contributed by atoms with Crippen LogP contribution in [0.25, 0.3) is 0 Å². The number of rotatable bonds is 0. The van der Waals surface area contributed by atoms with Gasteiger partial charge >= 0.3 is 59.3 Å². The van der Waals surface area contributed by atoms with Gasteiger partial charge in [0.2, 0.25) is 0 Å². The van der Waals surface area contributed by atoms with Gasteiger partial charge in [-0.2, -0.15) is 0 Å². The minimum atomic E-state index is 1.09. The van der Waals surface area contributed by atoms with E-state index in [9.17, 15) is 0 Å². The van der Waals surface area contributed by atoms with Crippen molar-refractivity contribution >= 4 is 0 Å². The van der Waals surface area contributed by atoms with Gasteiger partial charge in [-0.3, -0.25) is 0 Å². The second kappa shape index (κ2) is 2.45. The Hall–Kier alpha value is -0.0966. The topological polar surface area (TPSA) is 3.24 Å². The van der Waals surface area contributed by atoms with Crippen molar-refractivity contribution in [2.24, 2.45) is 0 Å². The van der Waals surface area contributed by atoms with Crippen LogP contribution < -0.4 is 0 Å². The quantitative estimate of drug-likeness (QED) is 0.474. The first-order valence-corrected chi connectivity index (χ1v) is 4.18. The first-order valence-electron chi connectivity index (χ1n) is 2.69. The molecule has 0 unspecified atom stereocenters. The first kappa shape index (κ1) is 6.03. The summed E-state index contributed by atoms with van der Waals surface area (Å²) in [7, 11) is 2.08. The van der Waals surface area contributed by atoms with E-state index in [0.717, 1.165) is 6.54 Å². The van der Waals surface area contributed by atoms with E-state index in [0.29, 0.717) is 0 Å². The molecule has 0 saturated carbocycles. The molecule has 0 aliphatic carbocycles. The van der Waals surface area contributed by atoms with Crippen molar-refractivity contribution < 1.29 is 18.3 Å². The fourth-order valence-electron chi connectivity index (χ4n) is 0.613. The molecule has 0 saturated heterocycles. The van der Waals surface area contributed by atoms with Crippen molar-refractivity contribution in [1.82, 2.24) is 4.90 Å². The molecule has 0 aromatic carbocycles. The minimum absolute atomic E-state index is 1.09. The molecule has 1 aliphatic heterocycles. The number of nitrogens with zero attached hydrogens (tertiary/aromatic N) is 1. The molecule has 8 heavy (non-hydrogen) atoms. The second-order valence-electron chi connectivity index (χ2n) is 2.03. The maximum atomic E-state index is 2.26. The Kier molecular flexibility index (Phi) is 1.85. The van der Waals surface area contributed by atoms with Gasteiger partial charge in [0.05, 0.1) is 0 Å². The van der Waals surface area contributed by atoms with E-state index < -0.39 is 0 Å². The molecule has 1 aliphatic rings. The molecule has 0 aromatic rings. The Morgan fingerprint density at radius 2 is 2.50 bits per heavy atom. The van der Waals surface area contributed by atoms with Crippen LogP contribution in [0.4, 0.5) is 0 Å². The van der Waals surface area contributed by atoms with Crippen LogP contribution in [0.1, 0.15) is 0 Å². The van der Waals surface area contributed by atoms with Crippen molar-refractivity contribution in [3.63, 3.8) is 0 Å². The predicted octanol–water partition coefficient (Wildman–Crippen LogP) is 0.876. The Bertz CT molecular complexity index is 137. The van der Waals surface area contributed by atoms with E-state index in [4.69, 9.17) is 0 Å². The van der Waals surface area contributed by atoms with Gasteiger partial charge in [0.1, 0.15) is 0 Å². The summed E-state index contributed by atoms with van der Waals surface area (Å²) in [6, 6.07) is 0. The molecule has 0 atom stereocenters. The zero-order chi connectivity index (χ0) is 5.98. The van der Waals surface area contributed by atoms with Gasteiger partial charge in [0, 0.05) is 0 Å². The van der Waals surface area contributed by atoms with Crippen LogP contribution in [0.5, 0.6) is 0 Å². The van der Waals surface area contributed by atoms with Crippen LogP contribution >= 0.6 is 0 Å². The van der Waals surface area contributed by atoms with E-state index in [2.05, 4.69) is 30.3 Å². The third kappa shape index (κ3) is 1.45. The van der Waals surface area contributed by atoms with Crippen LogP contribution in [-0.2, 0) is 18.3 Å². The molecule has 0 fully saturated rings. The first-order chi connectivity index (χ1) is 3.79. The van der Waals surface area contributed by atoms with Gasteiger partial charge < -0.3 is 0 Å². The molecular formula is C6H8NZn. The predicted molar refractivity (Wildman–Crippen MR) is 29.9 cm³/mol. The van der Waals surface area contributed by atoms with Gasteiger partial charge in [0.15, 0.2) is 0 Å². The molecule has 0 N–H and O–H groups in total. The summed E-state index contributed by atoms with van der Waals surface area (Å²) in [6.45, 7) is 1.09. The molecular weight excluding hydrogens is 151 g/mol. The van der Waals surface area contributed by atoms with Crippen LogP contribution in [0.3, 0.4) is 0 Å². The van der Waals surface area contributed by atoms with E-state index in [1.54, 1.807) is 0 Å². The summed E-state index contributed by atoms with van der Waals surface area (Å²) in [5.74, 6) is 0. The summed E-state index contributed by atoms with van der Waals surface area (Å²) in [6.07, 6.45) is 6.56. The molecule has 39 valence electrons. The van der Waals surface area contributed by atoms with E-state index in [1.165, 1.54) is 22.5 Å². The number of likely N-dealkylation sites (N-methyl/N-ethyl adjacent to an activating group) is 1. The molecule has 1 rings (SSSR count). The molecule has 0 spiro atoms. The fraction of sp³-hybridized carbons (Fsp3) is 0.333. The van der Waals surface area contributed by atoms with Gasteiger partial charge in [-0.15, -0.1) is 0 Å². The van der Waals surface area contributed by atoms with Gasteiger partial charge in [0.25, 0.3) is 0 Å². The molecule has 0 bridgehead atoms. The van der Waals surface area contributed by atoms with Crippen LogP contribution in [-0.4, -0.2) is 18.5 Å². The SMILES string of the molecule is CN1C=C[C]([Zn])=CC1. The Labute approximate surface area is 59.7 Å². The number of hydrogen-bond acceptors (Lipinski definition) is 1. The van der Waals surface area contributed by atoms with Crippen LogP contribution in [0.2, 0.25) is 0 Å². The third-order valence-corrected chi connectivity index (χ3v) is 2.28. The summed E-state index contributed by atoms with van der Waals surface area (Å²) in [5.41, 5.74) is 0. The molecule has 1 heterocycles. The van der Waals surface area contributed by atoms with Gasteiger partial charge in [-0.25, -0.2) is 0 Å². The molecule has 2 heteroatoms. The normalized spacial score (nSPS) is 18.9. The summed E-state index contributed by atoms with van der Waals surface area (Å²) in [4.78, 5) is 2.17. The average Bonchev–Trinajstić information content (AvgIpc) is 1.77. The Morgan fingerprint density at radius 1 is 1.75 bits per heavy atom. The maximum absolute atomic E-state index is 2.26. The fourth-order valence-corrected chi connectivity index (χ4v) is 1.11. The van der Waals surface area contributed by atoms with Crippen molar-refractivity contribution in [3.05, 3.63) is 22.5 Å². The monoisotopic (exact) mass is 158 g/mol. The summed E-state index contributed by atoms with van der Waals surface area (Å²) >= 11 is 1.28. The Morgan fingerprint density at radius 3 is 2.88 bits per heavy atom. The van der Waals surface area contributed by atoms with Crippen LogP contribution in [0, 0.1) is 0 Å². The van der Waals surface area contributed by atoms with E-state index >= 15 is 0 Å². The number of allylic oxidation sites excluding steroid dienone is 2. The summed E-state index contributed by atoms with van der Waals surface area (Å²) in [5, 5.41) is 0. The molecule has 0 amide bonds. The molecule has 0 aromatic heterocycles. The average molecular weight is 160 g/mol. The number of hydrogen-bond donors (Lipinski definition) is 0. The van der Waals surface area contributed by atoms with Crippen molar-refractivity contribution in [1.29, 1.82) is 0 Å². The zero-order valence-electron chi connectivity index (χ0n) is 5.09. The van der Waals surface area contributed by atoms with E-state index in [1.807, 2.05) is 0 Å². The second-order valence-corrected chi connectivity index (χ2v) is 3.75. The third-order valence-electron chi connectivity index (χ3n) is 1.18. The standard InChI is InChI=1S/C6H8N.Zn/c1-7-5-3-2-4-6-7;/h3-5H,6H2,1H3;. The van der Waals surface area contributed by atoms with E-state index in [-0.39, 0.29) is 0 Å². The molecule has 0 radical (unpaired) electrons. The Balaban J connectivity index is 2.58.